The molecule has 2 aromatic heterocycles. The molecule has 1 aromatic carbocycles. The number of nitrogens with zero attached hydrogens (tertiary/aromatic N) is 2. The van der Waals surface area contributed by atoms with Gasteiger partial charge in [0.15, 0.2) is 17.5 Å². The predicted molar refractivity (Wildman–Crippen MR) is 100 cm³/mol. The molecule has 0 saturated heterocycles. The molecule has 0 spiro atoms. The molecule has 1 atom stereocenters. The number of benzene rings is 1. The first-order valence-electron chi connectivity index (χ1n) is 8.78. The average Bonchev–Trinajstić information content (AvgIpc) is 3.02. The molecule has 0 bridgehead atoms. The lowest BCUT2D eigenvalue weighted by atomic mass is 9.89. The summed E-state index contributed by atoms with van der Waals surface area (Å²) in [5.74, 6) is -4.70. The van der Waals surface area contributed by atoms with Crippen LogP contribution in [-0.4, -0.2) is 15.5 Å². The molecule has 1 aliphatic carbocycles. The molecule has 5 nitrogen and oxygen atoms in total. The van der Waals surface area contributed by atoms with Crippen molar-refractivity contribution in [1.82, 2.24) is 9.55 Å². The van der Waals surface area contributed by atoms with Crippen molar-refractivity contribution in [2.24, 2.45) is 5.92 Å². The molecule has 4 rings (SSSR count). The largest absolute Gasteiger partial charge is 0.322 e. The monoisotopic (exact) mass is 407 g/mol. The normalized spacial score (nSPS) is 16.2. The number of fused-ring (bicyclic) bond motifs is 3. The Balaban J connectivity index is 1.62. The Morgan fingerprint density at radius 1 is 1.32 bits per heavy atom. The van der Waals surface area contributed by atoms with E-state index in [1.807, 2.05) is 0 Å². The van der Waals surface area contributed by atoms with E-state index in [1.165, 1.54) is 17.7 Å². The molecule has 3 aromatic rings. The quantitative estimate of drug-likeness (QED) is 0.675. The summed E-state index contributed by atoms with van der Waals surface area (Å²) < 4.78 is 41.1. The standard InChI is InChI=1S/C19H16F3N3O2S/c1-9-2-3-10-13(6-9)28-18-15(10)19(27)25(8-23-18)7-14(26)24-12-5-4-11(20)16(21)17(12)22/h4-5,8-9H,2-3,6-7H2,1H3,(H,24,26)/t9-/m1/s1. The number of rotatable bonds is 3. The number of nitrogens with one attached hydrogen (secondary N) is 1. The third-order valence-corrected chi connectivity index (χ3v) is 6.07. The van der Waals surface area contributed by atoms with Gasteiger partial charge in [0, 0.05) is 4.88 Å². The minimum Gasteiger partial charge on any atom is -0.322 e. The molecular formula is C19H16F3N3O2S. The molecule has 0 radical (unpaired) electrons. The van der Waals surface area contributed by atoms with E-state index in [0.717, 1.165) is 40.3 Å². The molecule has 0 unspecified atom stereocenters. The maximum atomic E-state index is 13.7. The van der Waals surface area contributed by atoms with Crippen LogP contribution in [0.1, 0.15) is 23.8 Å². The second-order valence-electron chi connectivity index (χ2n) is 6.98. The summed E-state index contributed by atoms with van der Waals surface area (Å²) in [4.78, 5) is 31.2. The first kappa shape index (κ1) is 18.7. The second kappa shape index (κ2) is 7.05. The zero-order valence-electron chi connectivity index (χ0n) is 14.9. The lowest BCUT2D eigenvalue weighted by Gasteiger charge is -2.17. The van der Waals surface area contributed by atoms with Gasteiger partial charge in [0.25, 0.3) is 5.56 Å². The van der Waals surface area contributed by atoms with Crippen molar-refractivity contribution in [3.05, 3.63) is 56.7 Å². The van der Waals surface area contributed by atoms with Crippen LogP contribution in [0, 0.1) is 23.4 Å². The highest BCUT2D eigenvalue weighted by molar-refractivity contribution is 7.18. The van der Waals surface area contributed by atoms with E-state index < -0.39 is 35.6 Å². The Morgan fingerprint density at radius 2 is 2.11 bits per heavy atom. The summed E-state index contributed by atoms with van der Waals surface area (Å²) in [6, 6.07) is 1.64. The molecular weight excluding hydrogens is 391 g/mol. The number of anilines is 1. The van der Waals surface area contributed by atoms with E-state index >= 15 is 0 Å². The summed E-state index contributed by atoms with van der Waals surface area (Å²) in [6.07, 6.45) is 3.97. The van der Waals surface area contributed by atoms with Gasteiger partial charge >= 0.3 is 0 Å². The van der Waals surface area contributed by atoms with Crippen LogP contribution in [-0.2, 0) is 24.2 Å². The van der Waals surface area contributed by atoms with Crippen molar-refractivity contribution in [3.8, 4) is 0 Å². The van der Waals surface area contributed by atoms with Gasteiger partial charge in [-0.15, -0.1) is 11.3 Å². The minimum atomic E-state index is -1.67. The minimum absolute atomic E-state index is 0.335. The SMILES string of the molecule is C[C@@H]1CCc2c(sc3ncn(CC(=O)Nc4ccc(F)c(F)c4F)c(=O)c23)C1. The molecule has 2 heterocycles. The fourth-order valence-corrected chi connectivity index (χ4v) is 4.79. The molecule has 0 saturated carbocycles. The summed E-state index contributed by atoms with van der Waals surface area (Å²) >= 11 is 1.50. The summed E-state index contributed by atoms with van der Waals surface area (Å²) in [7, 11) is 0. The van der Waals surface area contributed by atoms with Gasteiger partial charge in [-0.2, -0.15) is 0 Å². The van der Waals surface area contributed by atoms with Crippen molar-refractivity contribution in [2.45, 2.75) is 32.7 Å². The van der Waals surface area contributed by atoms with E-state index in [9.17, 15) is 22.8 Å². The maximum absolute atomic E-state index is 13.7. The van der Waals surface area contributed by atoms with Crippen LogP contribution in [0.2, 0.25) is 0 Å². The number of hydrogen-bond donors (Lipinski definition) is 1. The zero-order valence-corrected chi connectivity index (χ0v) is 15.7. The lowest BCUT2D eigenvalue weighted by Crippen LogP contribution is -2.28. The number of hydrogen-bond acceptors (Lipinski definition) is 4. The van der Waals surface area contributed by atoms with Crippen LogP contribution in [0.15, 0.2) is 23.3 Å². The Labute approximate surface area is 161 Å². The number of aryl methyl sites for hydroxylation is 1. The van der Waals surface area contributed by atoms with Gasteiger partial charge < -0.3 is 5.32 Å². The topological polar surface area (TPSA) is 64.0 Å². The summed E-state index contributed by atoms with van der Waals surface area (Å²) in [6.45, 7) is 1.75. The fourth-order valence-electron chi connectivity index (χ4n) is 3.45. The molecule has 146 valence electrons. The van der Waals surface area contributed by atoms with Gasteiger partial charge in [-0.3, -0.25) is 14.2 Å². The van der Waals surface area contributed by atoms with Crippen molar-refractivity contribution in [3.63, 3.8) is 0 Å². The highest BCUT2D eigenvalue weighted by atomic mass is 32.1. The van der Waals surface area contributed by atoms with E-state index in [2.05, 4.69) is 17.2 Å². The molecule has 0 fully saturated rings. The average molecular weight is 407 g/mol. The number of carbonyl (C=O) groups excluding carboxylic acids is 1. The number of aromatic nitrogens is 2. The third kappa shape index (κ3) is 3.19. The number of thiophene rings is 1. The Kier molecular flexibility index (Phi) is 4.70. The first-order chi connectivity index (χ1) is 13.3. The van der Waals surface area contributed by atoms with Crippen molar-refractivity contribution in [1.29, 1.82) is 0 Å². The maximum Gasteiger partial charge on any atom is 0.262 e. The van der Waals surface area contributed by atoms with Crippen molar-refractivity contribution in [2.75, 3.05) is 5.32 Å². The number of amides is 1. The Bertz CT molecular complexity index is 1160. The smallest absolute Gasteiger partial charge is 0.262 e. The highest BCUT2D eigenvalue weighted by Gasteiger charge is 2.23. The van der Waals surface area contributed by atoms with Crippen molar-refractivity contribution < 1.29 is 18.0 Å². The molecule has 1 N–H and O–H groups in total. The van der Waals surface area contributed by atoms with E-state index in [1.54, 1.807) is 0 Å². The molecule has 1 aliphatic rings. The number of halogens is 3. The van der Waals surface area contributed by atoms with E-state index in [0.29, 0.717) is 22.2 Å². The fraction of sp³-hybridized carbons (Fsp3) is 0.316. The van der Waals surface area contributed by atoms with Crippen LogP contribution >= 0.6 is 11.3 Å². The van der Waals surface area contributed by atoms with Gasteiger partial charge in [-0.1, -0.05) is 6.92 Å². The molecule has 28 heavy (non-hydrogen) atoms. The van der Waals surface area contributed by atoms with Crippen LogP contribution < -0.4 is 10.9 Å². The lowest BCUT2D eigenvalue weighted by molar-refractivity contribution is -0.116. The second-order valence-corrected chi connectivity index (χ2v) is 8.06. The van der Waals surface area contributed by atoms with Gasteiger partial charge in [0.1, 0.15) is 11.4 Å². The van der Waals surface area contributed by atoms with Crippen LogP contribution in [0.5, 0.6) is 0 Å². The summed E-state index contributed by atoms with van der Waals surface area (Å²) in [5, 5.41) is 2.69. The van der Waals surface area contributed by atoms with Crippen molar-refractivity contribution >= 4 is 33.1 Å². The molecule has 1 amide bonds. The van der Waals surface area contributed by atoms with Crippen LogP contribution in [0.3, 0.4) is 0 Å². The van der Waals surface area contributed by atoms with Gasteiger partial charge in [-0.05, 0) is 42.9 Å². The molecule has 0 aliphatic heterocycles. The summed E-state index contributed by atoms with van der Waals surface area (Å²) in [5.41, 5.74) is 0.169. The Morgan fingerprint density at radius 3 is 2.89 bits per heavy atom. The Hall–Kier alpha value is -2.68. The number of carbonyl (C=O) groups is 1. The predicted octanol–water partition coefficient (Wildman–Crippen LogP) is 3.64. The molecule has 9 heteroatoms. The first-order valence-corrected chi connectivity index (χ1v) is 9.59. The van der Waals surface area contributed by atoms with Gasteiger partial charge in [0.2, 0.25) is 5.91 Å². The third-order valence-electron chi connectivity index (χ3n) is 4.91. The highest BCUT2D eigenvalue weighted by Crippen LogP contribution is 2.35. The van der Waals surface area contributed by atoms with Gasteiger partial charge in [0.05, 0.1) is 17.4 Å². The van der Waals surface area contributed by atoms with Gasteiger partial charge in [-0.25, -0.2) is 18.2 Å². The van der Waals surface area contributed by atoms with Crippen LogP contribution in [0.4, 0.5) is 18.9 Å². The van der Waals surface area contributed by atoms with Crippen LogP contribution in [0.25, 0.3) is 10.2 Å². The van der Waals surface area contributed by atoms with E-state index in [4.69, 9.17) is 0 Å². The van der Waals surface area contributed by atoms with E-state index in [-0.39, 0.29) is 5.56 Å². The zero-order chi connectivity index (χ0) is 20.0.